The van der Waals surface area contributed by atoms with E-state index >= 15 is 0 Å². The number of nitrogens with zero attached hydrogens (tertiary/aromatic N) is 5. The van der Waals surface area contributed by atoms with Crippen molar-refractivity contribution in [3.8, 4) is 0 Å². The van der Waals surface area contributed by atoms with E-state index in [1.54, 1.807) is 0 Å². The fourth-order valence-corrected chi connectivity index (χ4v) is 4.19. The highest BCUT2D eigenvalue weighted by Gasteiger charge is 2.31. The third-order valence-electron chi connectivity index (χ3n) is 4.22. The summed E-state index contributed by atoms with van der Waals surface area (Å²) in [7, 11) is 0. The second-order valence-corrected chi connectivity index (χ2v) is 6.53. The van der Waals surface area contributed by atoms with Crippen LogP contribution in [0.15, 0.2) is 10.9 Å². The van der Waals surface area contributed by atoms with Gasteiger partial charge in [-0.3, -0.25) is 9.69 Å². The normalized spacial score (nSPS) is 23.4. The summed E-state index contributed by atoms with van der Waals surface area (Å²) in [5.41, 5.74) is 0.667. The maximum Gasteiger partial charge on any atom is 0.275 e. The van der Waals surface area contributed by atoms with Crippen molar-refractivity contribution in [2.75, 3.05) is 31.1 Å². The summed E-state index contributed by atoms with van der Waals surface area (Å²) in [4.78, 5) is 21.9. The van der Waals surface area contributed by atoms with Gasteiger partial charge in [-0.25, -0.2) is 4.98 Å². The first kappa shape index (κ1) is 12.3. The molecule has 0 aromatic carbocycles. The number of rotatable bonds is 1. The summed E-state index contributed by atoms with van der Waals surface area (Å²) in [6.07, 6.45) is 2.58. The fraction of sp³-hybridized carbons (Fsp3) is 0.615. The number of aryl methyl sites for hydroxylation is 1. The molecule has 2 fully saturated rings. The van der Waals surface area contributed by atoms with Crippen LogP contribution in [-0.4, -0.2) is 51.7 Å². The van der Waals surface area contributed by atoms with Crippen LogP contribution in [0.4, 0.5) is 5.13 Å². The average molecular weight is 291 g/mol. The van der Waals surface area contributed by atoms with E-state index in [2.05, 4.69) is 19.9 Å². The standard InChI is InChI=1S/C13H17N5OS/c1-9-7-11(19)18-12(14-9)20-13(15-18)17-6-5-16-4-2-3-10(16)8-17/h7,10H,2-6,8H2,1H3/t10-/m1/s1. The van der Waals surface area contributed by atoms with Crippen molar-refractivity contribution < 1.29 is 0 Å². The molecule has 20 heavy (non-hydrogen) atoms. The highest BCUT2D eigenvalue weighted by atomic mass is 32.1. The lowest BCUT2D eigenvalue weighted by Crippen LogP contribution is -2.50. The molecule has 0 N–H and O–H groups in total. The van der Waals surface area contributed by atoms with Crippen molar-refractivity contribution >= 4 is 21.4 Å². The van der Waals surface area contributed by atoms with Gasteiger partial charge in [0.05, 0.1) is 0 Å². The van der Waals surface area contributed by atoms with Crippen molar-refractivity contribution in [2.24, 2.45) is 0 Å². The van der Waals surface area contributed by atoms with Crippen molar-refractivity contribution in [1.29, 1.82) is 0 Å². The zero-order valence-electron chi connectivity index (χ0n) is 11.4. The molecular weight excluding hydrogens is 274 g/mol. The summed E-state index contributed by atoms with van der Waals surface area (Å²) in [5, 5.41) is 5.38. The largest absolute Gasteiger partial charge is 0.344 e. The summed E-state index contributed by atoms with van der Waals surface area (Å²) in [6, 6.07) is 2.19. The second-order valence-electron chi connectivity index (χ2n) is 5.59. The fourth-order valence-electron chi connectivity index (χ4n) is 3.20. The Balaban J connectivity index is 1.68. The minimum atomic E-state index is -0.0884. The first-order valence-electron chi connectivity index (χ1n) is 7.07. The number of hydrogen-bond donors (Lipinski definition) is 0. The van der Waals surface area contributed by atoms with E-state index in [4.69, 9.17) is 0 Å². The van der Waals surface area contributed by atoms with Gasteiger partial charge in [0.1, 0.15) is 0 Å². The lowest BCUT2D eigenvalue weighted by molar-refractivity contribution is 0.230. The molecule has 2 aliphatic rings. The molecule has 0 amide bonds. The number of piperazine rings is 1. The van der Waals surface area contributed by atoms with Crippen LogP contribution in [-0.2, 0) is 0 Å². The zero-order valence-corrected chi connectivity index (χ0v) is 12.3. The Morgan fingerprint density at radius 3 is 3.15 bits per heavy atom. The third-order valence-corrected chi connectivity index (χ3v) is 5.19. The Bertz CT molecular complexity index is 708. The molecule has 4 heterocycles. The number of aromatic nitrogens is 3. The van der Waals surface area contributed by atoms with Gasteiger partial charge in [0.15, 0.2) is 0 Å². The van der Waals surface area contributed by atoms with Crippen LogP contribution in [0.25, 0.3) is 4.96 Å². The summed E-state index contributed by atoms with van der Waals surface area (Å²) in [6.45, 7) is 6.19. The van der Waals surface area contributed by atoms with E-state index in [9.17, 15) is 4.79 Å². The van der Waals surface area contributed by atoms with Crippen LogP contribution in [0.5, 0.6) is 0 Å². The molecule has 7 heteroatoms. The Morgan fingerprint density at radius 1 is 1.35 bits per heavy atom. The van der Waals surface area contributed by atoms with Crippen LogP contribution in [0.2, 0.25) is 0 Å². The third kappa shape index (κ3) is 1.92. The van der Waals surface area contributed by atoms with Crippen LogP contribution in [0.3, 0.4) is 0 Å². The molecule has 1 atom stereocenters. The van der Waals surface area contributed by atoms with Gasteiger partial charge < -0.3 is 4.90 Å². The van der Waals surface area contributed by atoms with E-state index in [-0.39, 0.29) is 5.56 Å². The van der Waals surface area contributed by atoms with E-state index in [0.29, 0.717) is 11.0 Å². The maximum absolute atomic E-state index is 11.9. The van der Waals surface area contributed by atoms with E-state index in [1.165, 1.54) is 41.3 Å². The highest BCUT2D eigenvalue weighted by molar-refractivity contribution is 7.20. The zero-order chi connectivity index (χ0) is 13.7. The van der Waals surface area contributed by atoms with Crippen molar-refractivity contribution in [2.45, 2.75) is 25.8 Å². The Hall–Kier alpha value is -1.47. The molecule has 6 nitrogen and oxygen atoms in total. The van der Waals surface area contributed by atoms with Gasteiger partial charge in [0.25, 0.3) is 5.56 Å². The molecule has 106 valence electrons. The smallest absolute Gasteiger partial charge is 0.275 e. The van der Waals surface area contributed by atoms with Gasteiger partial charge >= 0.3 is 0 Å². The Kier molecular flexibility index (Phi) is 2.78. The highest BCUT2D eigenvalue weighted by Crippen LogP contribution is 2.27. The number of anilines is 1. The Labute approximate surface area is 120 Å². The lowest BCUT2D eigenvalue weighted by Gasteiger charge is -2.37. The molecule has 2 aromatic heterocycles. The van der Waals surface area contributed by atoms with Crippen LogP contribution in [0.1, 0.15) is 18.5 Å². The molecule has 2 aromatic rings. The van der Waals surface area contributed by atoms with Gasteiger partial charge in [-0.05, 0) is 26.3 Å². The van der Waals surface area contributed by atoms with Crippen LogP contribution < -0.4 is 10.5 Å². The molecular formula is C13H17N5OS. The van der Waals surface area contributed by atoms with Crippen molar-refractivity contribution in [3.05, 3.63) is 22.1 Å². The predicted molar refractivity (Wildman–Crippen MR) is 78.7 cm³/mol. The lowest BCUT2D eigenvalue weighted by atomic mass is 10.2. The summed E-state index contributed by atoms with van der Waals surface area (Å²) >= 11 is 1.51. The summed E-state index contributed by atoms with van der Waals surface area (Å²) < 4.78 is 1.42. The topological polar surface area (TPSA) is 53.7 Å². The van der Waals surface area contributed by atoms with Crippen LogP contribution >= 0.6 is 11.3 Å². The molecule has 0 bridgehead atoms. The van der Waals surface area contributed by atoms with Gasteiger partial charge in [-0.1, -0.05) is 11.3 Å². The molecule has 0 spiro atoms. The molecule has 0 aliphatic carbocycles. The number of hydrogen-bond acceptors (Lipinski definition) is 6. The second kappa shape index (κ2) is 4.53. The molecule has 0 saturated carbocycles. The Morgan fingerprint density at radius 2 is 2.25 bits per heavy atom. The molecule has 2 aliphatic heterocycles. The van der Waals surface area contributed by atoms with Gasteiger partial charge in [0, 0.05) is 37.4 Å². The molecule has 4 rings (SSSR count). The first-order valence-corrected chi connectivity index (χ1v) is 7.89. The molecule has 0 radical (unpaired) electrons. The van der Waals surface area contributed by atoms with Crippen molar-refractivity contribution in [1.82, 2.24) is 19.5 Å². The van der Waals surface area contributed by atoms with Crippen LogP contribution in [0, 0.1) is 6.92 Å². The van der Waals surface area contributed by atoms with Gasteiger partial charge in [-0.2, -0.15) is 4.52 Å². The monoisotopic (exact) mass is 291 g/mol. The minimum Gasteiger partial charge on any atom is -0.344 e. The first-order chi connectivity index (χ1) is 9.70. The molecule has 2 saturated heterocycles. The van der Waals surface area contributed by atoms with E-state index < -0.39 is 0 Å². The predicted octanol–water partition coefficient (Wildman–Crippen LogP) is 0.744. The maximum atomic E-state index is 11.9. The van der Waals surface area contributed by atoms with Gasteiger partial charge in [-0.15, -0.1) is 5.10 Å². The SMILES string of the molecule is Cc1cc(=O)n2nc(N3CCN4CCC[C@@H]4C3)sc2n1. The molecule has 0 unspecified atom stereocenters. The van der Waals surface area contributed by atoms with Gasteiger partial charge in [0.2, 0.25) is 10.1 Å². The summed E-state index contributed by atoms with van der Waals surface area (Å²) in [5.74, 6) is 0. The van der Waals surface area contributed by atoms with E-state index in [0.717, 1.165) is 30.5 Å². The number of fused-ring (bicyclic) bond motifs is 2. The quantitative estimate of drug-likeness (QED) is 0.776. The average Bonchev–Trinajstić information content (AvgIpc) is 3.03. The minimum absolute atomic E-state index is 0.0884. The van der Waals surface area contributed by atoms with E-state index in [1.807, 2.05) is 6.92 Å². The van der Waals surface area contributed by atoms with Crippen molar-refractivity contribution in [3.63, 3.8) is 0 Å².